The van der Waals surface area contributed by atoms with Gasteiger partial charge in [0.2, 0.25) is 11.8 Å². The molecule has 0 spiro atoms. The fourth-order valence-corrected chi connectivity index (χ4v) is 6.34. The Labute approximate surface area is 268 Å². The summed E-state index contributed by atoms with van der Waals surface area (Å²) in [5, 5.41) is 6.16. The van der Waals surface area contributed by atoms with Crippen LogP contribution < -0.4 is 16.4 Å². The summed E-state index contributed by atoms with van der Waals surface area (Å²) in [7, 11) is 1.30. The van der Waals surface area contributed by atoms with Gasteiger partial charge in [0.15, 0.2) is 0 Å². The van der Waals surface area contributed by atoms with Crippen molar-refractivity contribution in [1.82, 2.24) is 10.2 Å². The second-order valence-corrected chi connectivity index (χ2v) is 13.6. The van der Waals surface area contributed by atoms with Gasteiger partial charge in [0, 0.05) is 29.0 Å². The molecule has 3 aromatic carbocycles. The van der Waals surface area contributed by atoms with Crippen molar-refractivity contribution < 1.29 is 23.9 Å². The van der Waals surface area contributed by atoms with E-state index in [0.717, 1.165) is 36.0 Å². The Morgan fingerprint density at radius 2 is 1.69 bits per heavy atom. The Bertz CT molecular complexity index is 1610. The number of hydrogen-bond acceptors (Lipinski definition) is 7. The molecular formula is C35H40N4O5S. The molecule has 1 aliphatic carbocycles. The SMILES string of the molecule is COC(=O)c1ccc(C(=O)Nc2ccc3c(c2)CN(C(=O)[C@@H](N)C(C)(C)SC)[C@H](C(=O)N[C@@H]2CCCc4ccccc42)C3)cc1. The minimum absolute atomic E-state index is 0.114. The summed E-state index contributed by atoms with van der Waals surface area (Å²) in [5.41, 5.74) is 12.0. The van der Waals surface area contributed by atoms with Gasteiger partial charge in [0.05, 0.1) is 24.8 Å². The Morgan fingerprint density at radius 3 is 2.40 bits per heavy atom. The van der Waals surface area contributed by atoms with Crippen molar-refractivity contribution in [1.29, 1.82) is 0 Å². The number of fused-ring (bicyclic) bond motifs is 2. The molecule has 9 nitrogen and oxygen atoms in total. The normalized spacial score (nSPS) is 18.2. The van der Waals surface area contributed by atoms with Crippen molar-refractivity contribution in [3.8, 4) is 0 Å². The van der Waals surface area contributed by atoms with Gasteiger partial charge in [0.1, 0.15) is 6.04 Å². The summed E-state index contributed by atoms with van der Waals surface area (Å²) in [6.45, 7) is 4.04. The van der Waals surface area contributed by atoms with Crippen LogP contribution in [0.5, 0.6) is 0 Å². The molecular weight excluding hydrogens is 588 g/mol. The molecule has 236 valence electrons. The van der Waals surface area contributed by atoms with Crippen LogP contribution in [-0.2, 0) is 33.7 Å². The zero-order chi connectivity index (χ0) is 32.3. The summed E-state index contributed by atoms with van der Waals surface area (Å²) in [6, 6.07) is 18.3. The third-order valence-corrected chi connectivity index (χ3v) is 10.3. The lowest BCUT2D eigenvalue weighted by Gasteiger charge is -2.41. The van der Waals surface area contributed by atoms with Crippen LogP contribution in [0.1, 0.15) is 75.7 Å². The number of carbonyl (C=O) groups excluding carboxylic acids is 4. The van der Waals surface area contributed by atoms with E-state index in [4.69, 9.17) is 10.5 Å². The molecule has 3 aromatic rings. The minimum atomic E-state index is -0.824. The molecule has 3 amide bonds. The van der Waals surface area contributed by atoms with Gasteiger partial charge in [-0.2, -0.15) is 11.8 Å². The third kappa shape index (κ3) is 6.92. The van der Waals surface area contributed by atoms with Gasteiger partial charge >= 0.3 is 5.97 Å². The Hall–Kier alpha value is -4.15. The van der Waals surface area contributed by atoms with E-state index in [1.807, 2.05) is 44.4 Å². The molecule has 1 heterocycles. The molecule has 10 heteroatoms. The van der Waals surface area contributed by atoms with E-state index in [9.17, 15) is 19.2 Å². The number of nitrogens with two attached hydrogens (primary N) is 1. The first-order valence-electron chi connectivity index (χ1n) is 15.1. The minimum Gasteiger partial charge on any atom is -0.465 e. The summed E-state index contributed by atoms with van der Waals surface area (Å²) >= 11 is 1.51. The van der Waals surface area contributed by atoms with Gasteiger partial charge in [-0.3, -0.25) is 14.4 Å². The first kappa shape index (κ1) is 32.2. The van der Waals surface area contributed by atoms with Crippen LogP contribution in [0, 0.1) is 0 Å². The number of thioether (sulfide) groups is 1. The van der Waals surface area contributed by atoms with Gasteiger partial charge in [-0.1, -0.05) is 30.3 Å². The second-order valence-electron chi connectivity index (χ2n) is 12.1. The lowest BCUT2D eigenvalue weighted by atomic mass is 9.87. The number of nitrogens with one attached hydrogen (secondary N) is 2. The van der Waals surface area contributed by atoms with Crippen molar-refractivity contribution in [3.05, 3.63) is 100 Å². The number of aryl methyl sites for hydroxylation is 1. The zero-order valence-electron chi connectivity index (χ0n) is 26.1. The summed E-state index contributed by atoms with van der Waals surface area (Å²) < 4.78 is 4.18. The van der Waals surface area contributed by atoms with Crippen LogP contribution in [-0.4, -0.2) is 58.8 Å². The largest absolute Gasteiger partial charge is 0.465 e. The Balaban J connectivity index is 1.39. The molecule has 0 radical (unpaired) electrons. The van der Waals surface area contributed by atoms with Gasteiger partial charge in [-0.25, -0.2) is 4.79 Å². The molecule has 1 aliphatic heterocycles. The van der Waals surface area contributed by atoms with Gasteiger partial charge < -0.3 is 26.0 Å². The first-order chi connectivity index (χ1) is 21.5. The molecule has 3 atom stereocenters. The Kier molecular flexibility index (Phi) is 9.65. The van der Waals surface area contributed by atoms with Crippen LogP contribution in [0.2, 0.25) is 0 Å². The van der Waals surface area contributed by atoms with E-state index in [2.05, 4.69) is 22.8 Å². The second kappa shape index (κ2) is 13.5. The highest BCUT2D eigenvalue weighted by molar-refractivity contribution is 8.00. The molecule has 0 saturated heterocycles. The van der Waals surface area contributed by atoms with Crippen LogP contribution >= 0.6 is 11.8 Å². The molecule has 2 aliphatic rings. The molecule has 0 aromatic heterocycles. The number of nitrogens with zero attached hydrogens (tertiary/aromatic N) is 1. The average Bonchev–Trinajstić information content (AvgIpc) is 3.06. The monoisotopic (exact) mass is 628 g/mol. The number of hydrogen-bond donors (Lipinski definition) is 3. The number of methoxy groups -OCH3 is 1. The topological polar surface area (TPSA) is 131 Å². The number of anilines is 1. The first-order valence-corrected chi connectivity index (χ1v) is 16.4. The summed E-state index contributed by atoms with van der Waals surface area (Å²) in [4.78, 5) is 54.3. The maximum absolute atomic E-state index is 14.0. The quantitative estimate of drug-likeness (QED) is 0.310. The molecule has 5 rings (SSSR count). The number of amides is 3. The maximum Gasteiger partial charge on any atom is 0.337 e. The fourth-order valence-electron chi connectivity index (χ4n) is 5.98. The number of rotatable bonds is 8. The predicted molar refractivity (Wildman–Crippen MR) is 176 cm³/mol. The molecule has 0 saturated carbocycles. The van der Waals surface area contributed by atoms with E-state index in [1.54, 1.807) is 23.1 Å². The van der Waals surface area contributed by atoms with Crippen LogP contribution in [0.25, 0.3) is 0 Å². The zero-order valence-corrected chi connectivity index (χ0v) is 26.9. The van der Waals surface area contributed by atoms with E-state index in [1.165, 1.54) is 36.6 Å². The molecule has 45 heavy (non-hydrogen) atoms. The van der Waals surface area contributed by atoms with E-state index >= 15 is 0 Å². The number of ether oxygens (including phenoxy) is 1. The Morgan fingerprint density at radius 1 is 0.978 bits per heavy atom. The summed E-state index contributed by atoms with van der Waals surface area (Å²) in [6.07, 6.45) is 5.06. The van der Waals surface area contributed by atoms with E-state index < -0.39 is 22.8 Å². The lowest BCUT2D eigenvalue weighted by Crippen LogP contribution is -2.60. The maximum atomic E-state index is 14.0. The molecule has 0 fully saturated rings. The molecule has 0 unspecified atom stereocenters. The number of esters is 1. The van der Waals surface area contributed by atoms with E-state index in [-0.39, 0.29) is 30.3 Å². The van der Waals surface area contributed by atoms with Gasteiger partial charge in [-0.05, 0) is 98.0 Å². The smallest absolute Gasteiger partial charge is 0.337 e. The standard InChI is InChI=1S/C35H40N4O5S/c1-35(2,45-4)30(36)33(42)39-20-25-18-26(37-31(40)22-12-14-23(15-13-22)34(43)44-3)17-16-24(25)19-29(39)32(41)38-28-11-7-9-21-8-5-6-10-27(21)28/h5-6,8,10,12-18,28-30H,7,9,11,19-20,36H2,1-4H3,(H,37,40)(H,38,41)/t28-,29+,30-/m1/s1. The van der Waals surface area contributed by atoms with Crippen molar-refractivity contribution in [3.63, 3.8) is 0 Å². The number of benzene rings is 3. The van der Waals surface area contributed by atoms with Crippen molar-refractivity contribution in [2.24, 2.45) is 5.73 Å². The van der Waals surface area contributed by atoms with Crippen molar-refractivity contribution in [2.45, 2.75) is 68.9 Å². The number of carbonyl (C=O) groups is 4. The summed E-state index contributed by atoms with van der Waals surface area (Å²) in [5.74, 6) is -1.31. The average molecular weight is 629 g/mol. The highest BCUT2D eigenvalue weighted by Crippen LogP contribution is 2.33. The van der Waals surface area contributed by atoms with Gasteiger partial charge in [-0.15, -0.1) is 0 Å². The van der Waals surface area contributed by atoms with Gasteiger partial charge in [0.25, 0.3) is 5.91 Å². The highest BCUT2D eigenvalue weighted by Gasteiger charge is 2.41. The van der Waals surface area contributed by atoms with Crippen LogP contribution in [0.3, 0.4) is 0 Å². The predicted octanol–water partition coefficient (Wildman–Crippen LogP) is 4.64. The highest BCUT2D eigenvalue weighted by atomic mass is 32.2. The fraction of sp³-hybridized carbons (Fsp3) is 0.371. The molecule has 4 N–H and O–H groups in total. The van der Waals surface area contributed by atoms with Crippen molar-refractivity contribution in [2.75, 3.05) is 18.7 Å². The van der Waals surface area contributed by atoms with Crippen molar-refractivity contribution >= 4 is 41.1 Å². The third-order valence-electron chi connectivity index (χ3n) is 8.98. The van der Waals surface area contributed by atoms with E-state index in [0.29, 0.717) is 23.2 Å². The van der Waals surface area contributed by atoms with Crippen LogP contribution in [0.15, 0.2) is 66.7 Å². The van der Waals surface area contributed by atoms with Crippen LogP contribution in [0.4, 0.5) is 5.69 Å². The molecule has 0 bridgehead atoms. The lowest BCUT2D eigenvalue weighted by molar-refractivity contribution is -0.143.